The van der Waals surface area contributed by atoms with Crippen LogP contribution in [0, 0.1) is 40.4 Å². The van der Waals surface area contributed by atoms with Crippen LogP contribution in [0.3, 0.4) is 0 Å². The van der Waals surface area contributed by atoms with Crippen molar-refractivity contribution in [1.82, 2.24) is 0 Å². The fourth-order valence-corrected chi connectivity index (χ4v) is 3.50. The zero-order valence-electron chi connectivity index (χ0n) is 19.0. The third kappa shape index (κ3) is 7.00. The fourth-order valence-electron chi connectivity index (χ4n) is 3.50. The number of rotatable bonds is 7. The maximum Gasteiger partial charge on any atom is 0.392 e. The number of carbonyl (C=O) groups excluding carboxylic acids is 2. The van der Waals surface area contributed by atoms with Crippen molar-refractivity contribution in [2.24, 2.45) is 17.3 Å². The molecule has 2 aromatic rings. The largest absolute Gasteiger partial charge is 0.457 e. The van der Waals surface area contributed by atoms with Gasteiger partial charge >= 0.3 is 18.1 Å². The number of para-hydroxylation sites is 1. The molecule has 3 rings (SSSR count). The Morgan fingerprint density at radius 1 is 1.09 bits per heavy atom. The molecule has 9 heteroatoms. The lowest BCUT2D eigenvalue weighted by atomic mass is 10.1. The van der Waals surface area contributed by atoms with Gasteiger partial charge in [0, 0.05) is 17.4 Å². The van der Waals surface area contributed by atoms with Gasteiger partial charge < -0.3 is 14.2 Å². The van der Waals surface area contributed by atoms with Gasteiger partial charge in [0.05, 0.1) is 12.3 Å². The van der Waals surface area contributed by atoms with Crippen molar-refractivity contribution in [3.63, 3.8) is 0 Å². The minimum Gasteiger partial charge on any atom is -0.457 e. The second-order valence-electron chi connectivity index (χ2n) is 8.48. The predicted molar refractivity (Wildman–Crippen MR) is 118 cm³/mol. The van der Waals surface area contributed by atoms with Crippen molar-refractivity contribution in [3.05, 3.63) is 60.2 Å². The lowest BCUT2D eigenvalue weighted by Crippen LogP contribution is -2.14. The Balaban J connectivity index is 1.61. The third-order valence-electron chi connectivity index (χ3n) is 5.52. The van der Waals surface area contributed by atoms with E-state index in [0.717, 1.165) is 0 Å². The second-order valence-corrected chi connectivity index (χ2v) is 8.48. The molecule has 0 unspecified atom stereocenters. The van der Waals surface area contributed by atoms with Gasteiger partial charge in [0.2, 0.25) is 6.10 Å². The molecule has 1 aliphatic rings. The molecule has 3 atom stereocenters. The first-order chi connectivity index (χ1) is 16.5. The van der Waals surface area contributed by atoms with Crippen molar-refractivity contribution in [2.75, 3.05) is 6.61 Å². The molecule has 0 spiro atoms. The number of benzene rings is 2. The van der Waals surface area contributed by atoms with Crippen LogP contribution in [0.15, 0.2) is 54.6 Å². The van der Waals surface area contributed by atoms with Gasteiger partial charge in [0.1, 0.15) is 24.2 Å². The molecule has 0 N–H and O–H groups in total. The molecule has 1 aliphatic carbocycles. The van der Waals surface area contributed by atoms with E-state index in [1.165, 1.54) is 0 Å². The van der Waals surface area contributed by atoms with Crippen LogP contribution in [0.1, 0.15) is 31.9 Å². The van der Waals surface area contributed by atoms with E-state index in [4.69, 9.17) is 9.47 Å². The summed E-state index contributed by atoms with van der Waals surface area (Å²) in [5.74, 6) is 2.73. The first-order valence-electron chi connectivity index (χ1n) is 10.7. The van der Waals surface area contributed by atoms with Gasteiger partial charge in [-0.2, -0.15) is 18.4 Å². The number of halogens is 3. The molecule has 0 amide bonds. The number of ether oxygens (including phenoxy) is 3. The van der Waals surface area contributed by atoms with Gasteiger partial charge in [0.15, 0.2) is 0 Å². The summed E-state index contributed by atoms with van der Waals surface area (Å²) < 4.78 is 52.0. The number of nitrogens with zero attached hydrogens (tertiary/aromatic N) is 1. The van der Waals surface area contributed by atoms with Crippen molar-refractivity contribution >= 4 is 11.9 Å². The molecule has 182 valence electrons. The van der Waals surface area contributed by atoms with Crippen molar-refractivity contribution in [2.45, 2.75) is 32.5 Å². The monoisotopic (exact) mass is 485 g/mol. The standard InChI is InChI=1S/C26H22F3NO5/c1-25(2)20(11-12-22(31)33-14-13-26(27,28)29)23(25)24(32)35-21(16-30)17-7-6-10-19(15-17)34-18-8-4-3-5-9-18/h3-10,15,20-21,23H,13-14H2,1-2H3/t20-,21+,23-/m0/s1. The van der Waals surface area contributed by atoms with Crippen molar-refractivity contribution in [1.29, 1.82) is 5.26 Å². The average molecular weight is 485 g/mol. The second kappa shape index (κ2) is 10.5. The third-order valence-corrected chi connectivity index (χ3v) is 5.52. The number of hydrogen-bond donors (Lipinski definition) is 0. The Morgan fingerprint density at radius 2 is 1.77 bits per heavy atom. The van der Waals surface area contributed by atoms with Crippen molar-refractivity contribution < 1.29 is 37.0 Å². The number of hydrogen-bond acceptors (Lipinski definition) is 6. The van der Waals surface area contributed by atoms with E-state index in [1.807, 2.05) is 24.3 Å². The number of alkyl halides is 3. The normalized spacial score (nSPS) is 18.7. The highest BCUT2D eigenvalue weighted by Crippen LogP contribution is 2.58. The molecule has 0 heterocycles. The summed E-state index contributed by atoms with van der Waals surface area (Å²) in [7, 11) is 0. The van der Waals surface area contributed by atoms with Gasteiger partial charge in [0.25, 0.3) is 0 Å². The Kier molecular flexibility index (Phi) is 7.71. The Bertz CT molecular complexity index is 1180. The van der Waals surface area contributed by atoms with Crippen LogP contribution >= 0.6 is 0 Å². The molecule has 0 radical (unpaired) electrons. The number of esters is 2. The smallest absolute Gasteiger partial charge is 0.392 e. The molecule has 0 aromatic heterocycles. The summed E-state index contributed by atoms with van der Waals surface area (Å²) in [6.07, 6.45) is -6.90. The van der Waals surface area contributed by atoms with Gasteiger partial charge in [-0.25, -0.2) is 4.79 Å². The maximum atomic E-state index is 12.8. The molecule has 1 fully saturated rings. The predicted octanol–water partition coefficient (Wildman–Crippen LogP) is 5.36. The van der Waals surface area contributed by atoms with E-state index in [-0.39, 0.29) is 0 Å². The first-order valence-corrected chi connectivity index (χ1v) is 10.7. The van der Waals surface area contributed by atoms with Crippen LogP contribution < -0.4 is 4.74 Å². The van der Waals surface area contributed by atoms with Gasteiger partial charge in [-0.05, 0) is 29.7 Å². The molecule has 6 nitrogen and oxygen atoms in total. The van der Waals surface area contributed by atoms with E-state index < -0.39 is 54.5 Å². The summed E-state index contributed by atoms with van der Waals surface area (Å²) in [4.78, 5) is 24.3. The van der Waals surface area contributed by atoms with Crippen LogP contribution in [0.25, 0.3) is 0 Å². The van der Waals surface area contributed by atoms with E-state index in [1.54, 1.807) is 50.2 Å². The van der Waals surface area contributed by atoms with E-state index in [2.05, 4.69) is 16.6 Å². The SMILES string of the molecule is CC1(C)[C@H](C(=O)O[C@H](C#N)c2cccc(Oc3ccccc3)c2)[C@@H]1C#CC(=O)OCCC(F)(F)F. The van der Waals surface area contributed by atoms with E-state index in [0.29, 0.717) is 17.1 Å². The molecule has 1 saturated carbocycles. The van der Waals surface area contributed by atoms with Gasteiger partial charge in [-0.15, -0.1) is 0 Å². The van der Waals surface area contributed by atoms with Crippen LogP contribution in [0.5, 0.6) is 11.5 Å². The van der Waals surface area contributed by atoms with Gasteiger partial charge in [-0.1, -0.05) is 50.1 Å². The minimum absolute atomic E-state index is 0.420. The Labute approximate surface area is 200 Å². The molecule has 0 aliphatic heterocycles. The molecule has 0 bridgehead atoms. The molecule has 35 heavy (non-hydrogen) atoms. The summed E-state index contributed by atoms with van der Waals surface area (Å²) in [6.45, 7) is 2.65. The molecule has 2 aromatic carbocycles. The number of nitriles is 1. The summed E-state index contributed by atoms with van der Waals surface area (Å²) in [5, 5.41) is 9.59. The van der Waals surface area contributed by atoms with E-state index in [9.17, 15) is 28.0 Å². The summed E-state index contributed by atoms with van der Waals surface area (Å²) in [6, 6.07) is 17.6. The van der Waals surface area contributed by atoms with Crippen LogP contribution in [-0.4, -0.2) is 24.7 Å². The van der Waals surface area contributed by atoms with Crippen LogP contribution in [0.4, 0.5) is 13.2 Å². The summed E-state index contributed by atoms with van der Waals surface area (Å²) >= 11 is 0. The molecular formula is C26H22F3NO5. The average Bonchev–Trinajstić information content (AvgIpc) is 3.36. The quantitative estimate of drug-likeness (QED) is 0.298. The summed E-state index contributed by atoms with van der Waals surface area (Å²) in [5.41, 5.74) is -0.224. The fraction of sp³-hybridized carbons (Fsp3) is 0.346. The minimum atomic E-state index is -4.44. The van der Waals surface area contributed by atoms with E-state index >= 15 is 0 Å². The topological polar surface area (TPSA) is 85.6 Å². The highest BCUT2D eigenvalue weighted by molar-refractivity contribution is 5.89. The highest BCUT2D eigenvalue weighted by Gasteiger charge is 2.62. The van der Waals surface area contributed by atoms with Gasteiger partial charge in [-0.3, -0.25) is 4.79 Å². The lowest BCUT2D eigenvalue weighted by Gasteiger charge is -2.13. The van der Waals surface area contributed by atoms with Crippen molar-refractivity contribution in [3.8, 4) is 29.4 Å². The van der Waals surface area contributed by atoms with Crippen LogP contribution in [0.2, 0.25) is 0 Å². The lowest BCUT2D eigenvalue weighted by molar-refractivity contribution is -0.155. The number of carbonyl (C=O) groups is 2. The molecular weight excluding hydrogens is 463 g/mol. The zero-order valence-corrected chi connectivity index (χ0v) is 19.0. The Morgan fingerprint density at radius 3 is 2.43 bits per heavy atom. The zero-order chi connectivity index (χ0) is 25.6. The first kappa shape index (κ1) is 25.6. The maximum absolute atomic E-state index is 12.8. The molecule has 0 saturated heterocycles. The highest BCUT2D eigenvalue weighted by atomic mass is 19.4. The Hall–Kier alpha value is -3.98. The van der Waals surface area contributed by atoms with Crippen LogP contribution in [-0.2, 0) is 19.1 Å².